The number of nitriles is 1. The van der Waals surface area contributed by atoms with Gasteiger partial charge in [0.25, 0.3) is 0 Å². The first kappa shape index (κ1) is 13.7. The van der Waals surface area contributed by atoms with Crippen LogP contribution in [-0.4, -0.2) is 22.8 Å². The van der Waals surface area contributed by atoms with Gasteiger partial charge in [0.05, 0.1) is 12.8 Å². The fraction of sp³-hybridized carbons (Fsp3) is 0.308. The minimum atomic E-state index is -0.837. The van der Waals surface area contributed by atoms with E-state index in [1.165, 1.54) is 6.20 Å². The summed E-state index contributed by atoms with van der Waals surface area (Å²) in [7, 11) is 0. The first-order valence-corrected chi connectivity index (χ1v) is 6.08. The van der Waals surface area contributed by atoms with Gasteiger partial charge in [-0.2, -0.15) is 10.4 Å². The molecule has 0 aliphatic rings. The largest absolute Gasteiger partial charge is 0.464 e. The van der Waals surface area contributed by atoms with Crippen LogP contribution >= 0.6 is 0 Å². The number of ether oxygens (including phenoxy) is 1. The first-order chi connectivity index (χ1) is 9.65. The number of anilines is 1. The molecule has 104 valence electrons. The zero-order valence-electron chi connectivity index (χ0n) is 11.1. The highest BCUT2D eigenvalue weighted by Gasteiger charge is 2.26. The molecule has 0 fully saturated rings. The molecular weight excluding hydrogens is 260 g/mol. The molecule has 2 aromatic heterocycles. The third-order valence-electron chi connectivity index (χ3n) is 2.62. The van der Waals surface area contributed by atoms with Gasteiger partial charge in [-0.25, -0.2) is 4.79 Å². The second kappa shape index (κ2) is 5.93. The predicted octanol–water partition coefficient (Wildman–Crippen LogP) is 1.90. The number of esters is 1. The van der Waals surface area contributed by atoms with Crippen molar-refractivity contribution in [3.63, 3.8) is 0 Å². The minimum Gasteiger partial charge on any atom is -0.464 e. The standard InChI is InChI=1S/C13H14N4O3/c1-3-19-13(18)11(10-5-4-8(2)20-10)16-12-9(6-14)7-15-17-12/h4-5,7,11H,3H2,1-2H3,(H2,15,16,17). The molecule has 7 heteroatoms. The zero-order chi connectivity index (χ0) is 14.5. The summed E-state index contributed by atoms with van der Waals surface area (Å²) in [4.78, 5) is 12.0. The Morgan fingerprint density at radius 1 is 1.65 bits per heavy atom. The number of hydrogen-bond acceptors (Lipinski definition) is 6. The summed E-state index contributed by atoms with van der Waals surface area (Å²) in [5.74, 6) is 0.959. The number of aromatic nitrogens is 2. The van der Waals surface area contributed by atoms with E-state index < -0.39 is 12.0 Å². The van der Waals surface area contributed by atoms with Crippen molar-refractivity contribution in [1.82, 2.24) is 10.2 Å². The van der Waals surface area contributed by atoms with Gasteiger partial charge in [0.2, 0.25) is 0 Å². The molecule has 2 aromatic rings. The van der Waals surface area contributed by atoms with Gasteiger partial charge in [0, 0.05) is 0 Å². The van der Waals surface area contributed by atoms with E-state index in [0.717, 1.165) is 0 Å². The van der Waals surface area contributed by atoms with Crippen LogP contribution in [0.15, 0.2) is 22.7 Å². The third-order valence-corrected chi connectivity index (χ3v) is 2.62. The Labute approximate surface area is 115 Å². The van der Waals surface area contributed by atoms with Crippen LogP contribution in [0, 0.1) is 18.3 Å². The van der Waals surface area contributed by atoms with E-state index in [2.05, 4.69) is 15.5 Å². The molecule has 1 atom stereocenters. The van der Waals surface area contributed by atoms with Crippen LogP contribution in [0.2, 0.25) is 0 Å². The Balaban J connectivity index is 2.28. The van der Waals surface area contributed by atoms with Crippen LogP contribution in [0.5, 0.6) is 0 Å². The van der Waals surface area contributed by atoms with Crippen LogP contribution in [0.1, 0.15) is 30.0 Å². The maximum absolute atomic E-state index is 12.0. The van der Waals surface area contributed by atoms with E-state index in [0.29, 0.717) is 22.9 Å². The fourth-order valence-electron chi connectivity index (χ4n) is 1.71. The molecule has 0 aromatic carbocycles. The van der Waals surface area contributed by atoms with Crippen LogP contribution < -0.4 is 5.32 Å². The molecule has 7 nitrogen and oxygen atoms in total. The topological polar surface area (TPSA) is 104 Å². The molecule has 20 heavy (non-hydrogen) atoms. The molecule has 0 aliphatic carbocycles. The average molecular weight is 274 g/mol. The van der Waals surface area contributed by atoms with Crippen molar-refractivity contribution in [2.75, 3.05) is 11.9 Å². The predicted molar refractivity (Wildman–Crippen MR) is 69.7 cm³/mol. The lowest BCUT2D eigenvalue weighted by Crippen LogP contribution is -2.23. The zero-order valence-corrected chi connectivity index (χ0v) is 11.1. The van der Waals surface area contributed by atoms with E-state index in [4.69, 9.17) is 14.4 Å². The van der Waals surface area contributed by atoms with Gasteiger partial charge in [0.1, 0.15) is 29.0 Å². The van der Waals surface area contributed by atoms with E-state index in [9.17, 15) is 4.79 Å². The molecule has 0 amide bonds. The van der Waals surface area contributed by atoms with Crippen molar-refractivity contribution >= 4 is 11.8 Å². The SMILES string of the molecule is CCOC(=O)C(Nc1[nH]ncc1C#N)c1ccc(C)o1. The number of aromatic amines is 1. The first-order valence-electron chi connectivity index (χ1n) is 6.08. The Kier molecular flexibility index (Phi) is 4.05. The summed E-state index contributed by atoms with van der Waals surface area (Å²) in [5.41, 5.74) is 0.308. The van der Waals surface area contributed by atoms with Gasteiger partial charge in [0.15, 0.2) is 6.04 Å². The number of nitrogens with zero attached hydrogens (tertiary/aromatic N) is 2. The average Bonchev–Trinajstić information content (AvgIpc) is 3.04. The van der Waals surface area contributed by atoms with E-state index in [1.807, 2.05) is 6.07 Å². The number of rotatable bonds is 5. The number of aryl methyl sites for hydroxylation is 1. The van der Waals surface area contributed by atoms with E-state index in [-0.39, 0.29) is 6.61 Å². The minimum absolute atomic E-state index is 0.255. The quantitative estimate of drug-likeness (QED) is 0.807. The molecule has 2 N–H and O–H groups in total. The second-order valence-corrected chi connectivity index (χ2v) is 4.05. The second-order valence-electron chi connectivity index (χ2n) is 4.05. The monoisotopic (exact) mass is 274 g/mol. The Bertz CT molecular complexity index is 638. The molecular formula is C13H14N4O3. The normalized spacial score (nSPS) is 11.7. The molecule has 0 saturated heterocycles. The van der Waals surface area contributed by atoms with Gasteiger partial charge in [-0.05, 0) is 26.0 Å². The van der Waals surface area contributed by atoms with Gasteiger partial charge in [-0.15, -0.1) is 0 Å². The Hall–Kier alpha value is -2.75. The van der Waals surface area contributed by atoms with Crippen molar-refractivity contribution in [1.29, 1.82) is 5.26 Å². The molecule has 0 spiro atoms. The highest BCUT2D eigenvalue weighted by Crippen LogP contribution is 2.23. The van der Waals surface area contributed by atoms with Gasteiger partial charge in [-0.3, -0.25) is 5.10 Å². The molecule has 1 unspecified atom stereocenters. The Morgan fingerprint density at radius 2 is 2.45 bits per heavy atom. The lowest BCUT2D eigenvalue weighted by molar-refractivity contribution is -0.144. The number of nitrogens with one attached hydrogen (secondary N) is 2. The summed E-state index contributed by atoms with van der Waals surface area (Å²) < 4.78 is 10.5. The summed E-state index contributed by atoms with van der Waals surface area (Å²) in [6, 6.07) is 4.57. The van der Waals surface area contributed by atoms with Crippen LogP contribution in [0.4, 0.5) is 5.82 Å². The maximum atomic E-state index is 12.0. The molecule has 2 rings (SSSR count). The molecule has 0 radical (unpaired) electrons. The van der Waals surface area contributed by atoms with Crippen LogP contribution in [-0.2, 0) is 9.53 Å². The van der Waals surface area contributed by atoms with Crippen LogP contribution in [0.25, 0.3) is 0 Å². The van der Waals surface area contributed by atoms with E-state index >= 15 is 0 Å². The number of carbonyl (C=O) groups is 1. The fourth-order valence-corrected chi connectivity index (χ4v) is 1.71. The van der Waals surface area contributed by atoms with Crippen molar-refractivity contribution < 1.29 is 13.9 Å². The molecule has 0 saturated carbocycles. The van der Waals surface area contributed by atoms with Gasteiger partial charge >= 0.3 is 5.97 Å². The summed E-state index contributed by atoms with van der Waals surface area (Å²) in [5, 5.41) is 18.2. The number of hydrogen-bond donors (Lipinski definition) is 2. The van der Waals surface area contributed by atoms with Crippen molar-refractivity contribution in [3.8, 4) is 6.07 Å². The molecule has 2 heterocycles. The summed E-state index contributed by atoms with van der Waals surface area (Å²) >= 11 is 0. The highest BCUT2D eigenvalue weighted by molar-refractivity contribution is 5.80. The van der Waals surface area contributed by atoms with Crippen molar-refractivity contribution in [3.05, 3.63) is 35.4 Å². The highest BCUT2D eigenvalue weighted by atomic mass is 16.5. The van der Waals surface area contributed by atoms with E-state index in [1.54, 1.807) is 26.0 Å². The van der Waals surface area contributed by atoms with Crippen molar-refractivity contribution in [2.24, 2.45) is 0 Å². The molecule has 0 bridgehead atoms. The maximum Gasteiger partial charge on any atom is 0.336 e. The lowest BCUT2D eigenvalue weighted by Gasteiger charge is -2.15. The summed E-state index contributed by atoms with van der Waals surface area (Å²) in [6.07, 6.45) is 1.37. The van der Waals surface area contributed by atoms with Crippen LogP contribution in [0.3, 0.4) is 0 Å². The Morgan fingerprint density at radius 3 is 3.05 bits per heavy atom. The number of carbonyl (C=O) groups excluding carboxylic acids is 1. The number of furan rings is 1. The lowest BCUT2D eigenvalue weighted by atomic mass is 10.2. The van der Waals surface area contributed by atoms with Gasteiger partial charge in [-0.1, -0.05) is 0 Å². The number of H-pyrrole nitrogens is 1. The third kappa shape index (κ3) is 2.80. The molecule has 0 aliphatic heterocycles. The van der Waals surface area contributed by atoms with Gasteiger partial charge < -0.3 is 14.5 Å². The van der Waals surface area contributed by atoms with Crippen molar-refractivity contribution in [2.45, 2.75) is 19.9 Å². The smallest absolute Gasteiger partial charge is 0.336 e. The summed E-state index contributed by atoms with van der Waals surface area (Å²) in [6.45, 7) is 3.76.